The molecule has 245 valence electrons. The van der Waals surface area contributed by atoms with Crippen molar-refractivity contribution in [1.82, 2.24) is 0 Å². The molecule has 0 saturated heterocycles. The molecule has 2 aliphatic heterocycles. The standard InChI is InChI=1S/C47H49BN/c1-29-33-19-12-13-21-36(33)45(5,6)37-22-16-20-34(41(29)37)35-25-31(30-17-10-9-11-18-30)26-40-42(35)48-39-28-32(44(2,3)4)27-38-43(39)49(40)47(8)24-15-14-23-46(38,47)7/h9-13,16-22,25-29H,14-15,23-24H2,1-8H3. The SMILES string of the molecule is CC1c2ccccc2C(C)(C)c2cccc(-c3cc(-c4ccccc4)cc4c3[B]c3cc(C(C)(C)C)cc5c3N4C3(C)CCCCC53C)c21. The molecule has 0 amide bonds. The van der Waals surface area contributed by atoms with Gasteiger partial charge >= 0.3 is 0 Å². The van der Waals surface area contributed by atoms with E-state index in [-0.39, 0.29) is 21.8 Å². The molecule has 49 heavy (non-hydrogen) atoms. The van der Waals surface area contributed by atoms with E-state index >= 15 is 0 Å². The van der Waals surface area contributed by atoms with Crippen LogP contribution in [-0.4, -0.2) is 12.8 Å². The predicted molar refractivity (Wildman–Crippen MR) is 210 cm³/mol. The van der Waals surface area contributed by atoms with Gasteiger partial charge in [-0.15, -0.1) is 0 Å². The lowest BCUT2D eigenvalue weighted by Crippen LogP contribution is -2.57. The first-order chi connectivity index (χ1) is 23.3. The number of anilines is 2. The zero-order chi connectivity index (χ0) is 34.1. The maximum Gasteiger partial charge on any atom is 0.197 e. The molecule has 5 aromatic rings. The van der Waals surface area contributed by atoms with E-state index < -0.39 is 0 Å². The normalized spacial score (nSPS) is 24.2. The highest BCUT2D eigenvalue weighted by atomic mass is 15.3. The molecule has 5 aromatic carbocycles. The van der Waals surface area contributed by atoms with Gasteiger partial charge in [-0.2, -0.15) is 0 Å². The highest BCUT2D eigenvalue weighted by Crippen LogP contribution is 2.61. The van der Waals surface area contributed by atoms with Crippen LogP contribution in [0.4, 0.5) is 11.4 Å². The Morgan fingerprint density at radius 2 is 1.41 bits per heavy atom. The second kappa shape index (κ2) is 10.3. The first-order valence-corrected chi connectivity index (χ1v) is 18.7. The van der Waals surface area contributed by atoms with Crippen molar-refractivity contribution in [1.29, 1.82) is 0 Å². The van der Waals surface area contributed by atoms with Crippen molar-refractivity contribution in [2.75, 3.05) is 4.90 Å². The summed E-state index contributed by atoms with van der Waals surface area (Å²) in [4.78, 5) is 2.84. The van der Waals surface area contributed by atoms with Crippen LogP contribution in [-0.2, 0) is 16.2 Å². The third-order valence-electron chi connectivity index (χ3n) is 13.5. The fourth-order valence-corrected chi connectivity index (χ4v) is 10.5. The Morgan fingerprint density at radius 3 is 2.18 bits per heavy atom. The van der Waals surface area contributed by atoms with Crippen molar-refractivity contribution in [3.8, 4) is 22.3 Å². The zero-order valence-corrected chi connectivity index (χ0v) is 30.7. The highest BCUT2D eigenvalue weighted by molar-refractivity contribution is 6.73. The maximum absolute atomic E-state index is 2.84. The van der Waals surface area contributed by atoms with Gasteiger partial charge in [0, 0.05) is 28.1 Å². The topological polar surface area (TPSA) is 3.24 Å². The van der Waals surface area contributed by atoms with E-state index in [0.29, 0.717) is 5.92 Å². The van der Waals surface area contributed by atoms with Gasteiger partial charge in [0.2, 0.25) is 0 Å². The Balaban J connectivity index is 1.37. The summed E-state index contributed by atoms with van der Waals surface area (Å²) in [5.74, 6) is 0.298. The molecule has 0 N–H and O–H groups in total. The van der Waals surface area contributed by atoms with E-state index in [1.165, 1.54) is 98.1 Å². The maximum atomic E-state index is 2.84. The van der Waals surface area contributed by atoms with Crippen LogP contribution in [0, 0.1) is 0 Å². The molecule has 1 fully saturated rings. The average Bonchev–Trinajstić information content (AvgIpc) is 3.31. The molecule has 2 heterocycles. The summed E-state index contributed by atoms with van der Waals surface area (Å²) in [6, 6.07) is 37.5. The Hall–Kier alpha value is -4.04. The molecule has 1 radical (unpaired) electrons. The van der Waals surface area contributed by atoms with Crippen LogP contribution < -0.4 is 15.8 Å². The zero-order valence-electron chi connectivity index (χ0n) is 30.7. The summed E-state index contributed by atoms with van der Waals surface area (Å²) in [5.41, 5.74) is 19.9. The van der Waals surface area contributed by atoms with Gasteiger partial charge in [-0.1, -0.05) is 157 Å². The summed E-state index contributed by atoms with van der Waals surface area (Å²) in [7, 11) is 2.57. The summed E-state index contributed by atoms with van der Waals surface area (Å²) in [6.07, 6.45) is 5.01. The quantitative estimate of drug-likeness (QED) is 0.174. The molecule has 2 aliphatic carbocycles. The molecule has 0 spiro atoms. The molecule has 3 atom stereocenters. The van der Waals surface area contributed by atoms with E-state index in [1.54, 1.807) is 5.56 Å². The molecular formula is C47H49BN. The lowest BCUT2D eigenvalue weighted by atomic mass is 9.56. The molecule has 3 unspecified atom stereocenters. The smallest absolute Gasteiger partial charge is 0.197 e. The highest BCUT2D eigenvalue weighted by Gasteiger charge is 2.59. The summed E-state index contributed by atoms with van der Waals surface area (Å²) < 4.78 is 0. The predicted octanol–water partition coefficient (Wildman–Crippen LogP) is 10.8. The van der Waals surface area contributed by atoms with Crippen molar-refractivity contribution in [3.05, 3.63) is 130 Å². The molecule has 0 bridgehead atoms. The molecule has 4 aliphatic rings. The van der Waals surface area contributed by atoms with Gasteiger partial charge in [-0.3, -0.25) is 0 Å². The third kappa shape index (κ3) is 4.13. The van der Waals surface area contributed by atoms with Crippen LogP contribution >= 0.6 is 0 Å². The molecule has 0 aromatic heterocycles. The van der Waals surface area contributed by atoms with Crippen LogP contribution in [0.1, 0.15) is 120 Å². The van der Waals surface area contributed by atoms with E-state index in [4.69, 9.17) is 0 Å². The second-order valence-electron chi connectivity index (χ2n) is 17.5. The third-order valence-corrected chi connectivity index (χ3v) is 13.5. The Bertz CT molecular complexity index is 2170. The summed E-state index contributed by atoms with van der Waals surface area (Å²) in [6.45, 7) is 19.6. The molecule has 2 heteroatoms. The number of benzene rings is 5. The second-order valence-corrected chi connectivity index (χ2v) is 17.5. The van der Waals surface area contributed by atoms with Gasteiger partial charge in [0.1, 0.15) is 0 Å². The van der Waals surface area contributed by atoms with E-state index in [0.717, 1.165) is 0 Å². The average molecular weight is 639 g/mol. The Morgan fingerprint density at radius 1 is 0.694 bits per heavy atom. The molecule has 9 rings (SSSR count). The number of fused-ring (bicyclic) bond motifs is 7. The fourth-order valence-electron chi connectivity index (χ4n) is 10.5. The van der Waals surface area contributed by atoms with Gasteiger partial charge < -0.3 is 4.90 Å². The van der Waals surface area contributed by atoms with Crippen LogP contribution in [0.3, 0.4) is 0 Å². The minimum absolute atomic E-state index is 0.00122. The molecule has 1 saturated carbocycles. The van der Waals surface area contributed by atoms with Crippen molar-refractivity contribution < 1.29 is 0 Å². The monoisotopic (exact) mass is 638 g/mol. The summed E-state index contributed by atoms with van der Waals surface area (Å²) >= 11 is 0. The van der Waals surface area contributed by atoms with Gasteiger partial charge in [-0.25, -0.2) is 0 Å². The van der Waals surface area contributed by atoms with Gasteiger partial charge in [-0.05, 0) is 92.9 Å². The minimum Gasteiger partial charge on any atom is -0.335 e. The Labute approximate surface area is 295 Å². The van der Waals surface area contributed by atoms with Crippen LogP contribution in [0.5, 0.6) is 0 Å². The number of nitrogens with zero attached hydrogens (tertiary/aromatic N) is 1. The number of rotatable bonds is 2. The first-order valence-electron chi connectivity index (χ1n) is 18.7. The van der Waals surface area contributed by atoms with Crippen LogP contribution in [0.15, 0.2) is 97.1 Å². The van der Waals surface area contributed by atoms with Gasteiger partial charge in [0.05, 0.1) is 5.54 Å². The van der Waals surface area contributed by atoms with Gasteiger partial charge in [0.25, 0.3) is 0 Å². The molecular weight excluding hydrogens is 589 g/mol. The van der Waals surface area contributed by atoms with Crippen molar-refractivity contribution in [3.63, 3.8) is 0 Å². The van der Waals surface area contributed by atoms with Crippen molar-refractivity contribution in [2.45, 2.75) is 109 Å². The largest absolute Gasteiger partial charge is 0.335 e. The van der Waals surface area contributed by atoms with Crippen molar-refractivity contribution in [2.24, 2.45) is 0 Å². The first kappa shape index (κ1) is 31.0. The van der Waals surface area contributed by atoms with Crippen LogP contribution in [0.25, 0.3) is 22.3 Å². The van der Waals surface area contributed by atoms with Crippen molar-refractivity contribution >= 4 is 29.6 Å². The van der Waals surface area contributed by atoms with Gasteiger partial charge in [0.15, 0.2) is 7.28 Å². The van der Waals surface area contributed by atoms with E-state index in [1.807, 2.05) is 0 Å². The van der Waals surface area contributed by atoms with Crippen LogP contribution in [0.2, 0.25) is 0 Å². The Kier molecular flexibility index (Phi) is 6.48. The number of hydrogen-bond donors (Lipinski definition) is 0. The molecule has 1 nitrogen and oxygen atoms in total. The van der Waals surface area contributed by atoms with E-state index in [9.17, 15) is 0 Å². The van der Waals surface area contributed by atoms with E-state index in [2.05, 4.69) is 165 Å². The lowest BCUT2D eigenvalue weighted by Gasteiger charge is -2.51. The minimum atomic E-state index is -0.0787. The number of hydrogen-bond acceptors (Lipinski definition) is 1. The fraction of sp³-hybridized carbons (Fsp3) is 0.362. The summed E-state index contributed by atoms with van der Waals surface area (Å²) in [5, 5.41) is 0. The lowest BCUT2D eigenvalue weighted by molar-refractivity contribution is 0.195.